The van der Waals surface area contributed by atoms with Crippen LogP contribution in [0.4, 0.5) is 5.82 Å². The molecule has 3 N–H and O–H groups in total. The van der Waals surface area contributed by atoms with Gasteiger partial charge in [-0.25, -0.2) is 4.98 Å². The molecule has 5 nitrogen and oxygen atoms in total. The van der Waals surface area contributed by atoms with Crippen molar-refractivity contribution in [2.45, 2.75) is 25.9 Å². The van der Waals surface area contributed by atoms with Crippen molar-refractivity contribution in [3.63, 3.8) is 0 Å². The van der Waals surface area contributed by atoms with Crippen molar-refractivity contribution in [1.82, 2.24) is 9.97 Å². The zero-order valence-electron chi connectivity index (χ0n) is 8.67. The van der Waals surface area contributed by atoms with E-state index >= 15 is 0 Å². The minimum atomic E-state index is -0.709. The van der Waals surface area contributed by atoms with Crippen molar-refractivity contribution in [3.8, 4) is 0 Å². The van der Waals surface area contributed by atoms with Gasteiger partial charge in [0.25, 0.3) is 5.56 Å². The maximum atomic E-state index is 11.2. The minimum absolute atomic E-state index is 0.156. The molecule has 1 aromatic rings. The molecule has 0 aliphatic rings. The first kappa shape index (κ1) is 12.4. The van der Waals surface area contributed by atoms with Gasteiger partial charge in [0, 0.05) is 6.54 Å². The Labute approximate surface area is 101 Å². The van der Waals surface area contributed by atoms with Crippen LogP contribution >= 0.6 is 22.6 Å². The van der Waals surface area contributed by atoms with E-state index < -0.39 is 5.60 Å². The minimum Gasteiger partial charge on any atom is -0.390 e. The van der Waals surface area contributed by atoms with Crippen LogP contribution in [0.1, 0.15) is 20.3 Å². The predicted molar refractivity (Wildman–Crippen MR) is 67.0 cm³/mol. The molecule has 0 aliphatic heterocycles. The predicted octanol–water partition coefficient (Wildman–Crippen LogP) is 0.947. The topological polar surface area (TPSA) is 78.0 Å². The van der Waals surface area contributed by atoms with Crippen LogP contribution < -0.4 is 10.9 Å². The SMILES string of the molecule is CC(C)(O)CCNc1nc[nH]c(=O)c1I. The number of nitrogens with one attached hydrogen (secondary N) is 2. The fourth-order valence-corrected chi connectivity index (χ4v) is 1.48. The highest BCUT2D eigenvalue weighted by molar-refractivity contribution is 14.1. The Balaban J connectivity index is 2.59. The summed E-state index contributed by atoms with van der Waals surface area (Å²) < 4.78 is 0.533. The molecule has 1 aromatic heterocycles. The molecule has 0 saturated carbocycles. The molecule has 1 heterocycles. The lowest BCUT2D eigenvalue weighted by molar-refractivity contribution is 0.0748. The Morgan fingerprint density at radius 3 is 2.93 bits per heavy atom. The van der Waals surface area contributed by atoms with E-state index in [0.29, 0.717) is 22.4 Å². The first-order chi connectivity index (χ1) is 6.90. The molecule has 6 heteroatoms. The Bertz CT molecular complexity index is 384. The van der Waals surface area contributed by atoms with E-state index in [1.807, 2.05) is 22.6 Å². The van der Waals surface area contributed by atoms with Gasteiger partial charge in [-0.2, -0.15) is 0 Å². The van der Waals surface area contributed by atoms with E-state index in [-0.39, 0.29) is 5.56 Å². The van der Waals surface area contributed by atoms with Crippen molar-refractivity contribution >= 4 is 28.4 Å². The number of aromatic amines is 1. The highest BCUT2D eigenvalue weighted by Gasteiger charge is 2.12. The Morgan fingerprint density at radius 1 is 1.67 bits per heavy atom. The molecule has 0 radical (unpaired) electrons. The van der Waals surface area contributed by atoms with Gasteiger partial charge in [-0.05, 0) is 42.9 Å². The van der Waals surface area contributed by atoms with Gasteiger partial charge in [-0.15, -0.1) is 0 Å². The quantitative estimate of drug-likeness (QED) is 0.721. The van der Waals surface area contributed by atoms with Crippen molar-refractivity contribution in [2.24, 2.45) is 0 Å². The van der Waals surface area contributed by atoms with E-state index in [1.54, 1.807) is 13.8 Å². The molecular weight excluding hydrogens is 309 g/mol. The smallest absolute Gasteiger partial charge is 0.266 e. The van der Waals surface area contributed by atoms with Crippen LogP contribution in [-0.4, -0.2) is 27.2 Å². The number of halogens is 1. The lowest BCUT2D eigenvalue weighted by atomic mass is 10.1. The summed E-state index contributed by atoms with van der Waals surface area (Å²) in [6, 6.07) is 0. The third-order valence-electron chi connectivity index (χ3n) is 1.83. The van der Waals surface area contributed by atoms with Crippen LogP contribution in [0.25, 0.3) is 0 Å². The van der Waals surface area contributed by atoms with Gasteiger partial charge in [0.2, 0.25) is 0 Å². The van der Waals surface area contributed by atoms with Gasteiger partial charge in [0.15, 0.2) is 0 Å². The number of H-pyrrole nitrogens is 1. The van der Waals surface area contributed by atoms with E-state index in [2.05, 4.69) is 15.3 Å². The van der Waals surface area contributed by atoms with E-state index in [4.69, 9.17) is 0 Å². The molecule has 0 amide bonds. The fourth-order valence-electron chi connectivity index (χ4n) is 0.993. The average Bonchev–Trinajstić information content (AvgIpc) is 2.10. The normalized spacial score (nSPS) is 11.5. The number of nitrogens with zero attached hydrogens (tertiary/aromatic N) is 1. The molecule has 0 aliphatic carbocycles. The molecule has 0 fully saturated rings. The first-order valence-corrected chi connectivity index (χ1v) is 5.67. The third-order valence-corrected chi connectivity index (χ3v) is 2.83. The maximum Gasteiger partial charge on any atom is 0.266 e. The summed E-state index contributed by atoms with van der Waals surface area (Å²) in [5, 5.41) is 12.5. The summed E-state index contributed by atoms with van der Waals surface area (Å²) >= 11 is 1.93. The number of anilines is 1. The molecule has 0 unspecified atom stereocenters. The van der Waals surface area contributed by atoms with Gasteiger partial charge in [-0.3, -0.25) is 4.79 Å². The lowest BCUT2D eigenvalue weighted by Gasteiger charge is -2.17. The number of hydrogen-bond donors (Lipinski definition) is 3. The average molecular weight is 323 g/mol. The van der Waals surface area contributed by atoms with Crippen LogP contribution in [0.15, 0.2) is 11.1 Å². The number of aliphatic hydroxyl groups is 1. The number of hydrogen-bond acceptors (Lipinski definition) is 4. The number of rotatable bonds is 4. The van der Waals surface area contributed by atoms with Crippen molar-refractivity contribution < 1.29 is 5.11 Å². The van der Waals surface area contributed by atoms with Crippen LogP contribution in [-0.2, 0) is 0 Å². The standard InChI is InChI=1S/C9H14IN3O2/c1-9(2,15)3-4-11-7-6(10)8(14)13-5-12-7/h5,15H,3-4H2,1-2H3,(H2,11,12,13,14). The molecule has 0 saturated heterocycles. The summed E-state index contributed by atoms with van der Waals surface area (Å²) in [7, 11) is 0. The Hall–Kier alpha value is -0.630. The van der Waals surface area contributed by atoms with Gasteiger partial charge in [0.05, 0.1) is 11.9 Å². The fraction of sp³-hybridized carbons (Fsp3) is 0.556. The Kier molecular flexibility index (Phi) is 4.09. The van der Waals surface area contributed by atoms with Crippen molar-refractivity contribution in [2.75, 3.05) is 11.9 Å². The van der Waals surface area contributed by atoms with Gasteiger partial charge in [0.1, 0.15) is 9.39 Å². The molecule has 0 atom stereocenters. The zero-order chi connectivity index (χ0) is 11.5. The maximum absolute atomic E-state index is 11.2. The molecule has 15 heavy (non-hydrogen) atoms. The molecule has 0 spiro atoms. The second-order valence-electron chi connectivity index (χ2n) is 3.88. The van der Waals surface area contributed by atoms with Gasteiger partial charge in [-0.1, -0.05) is 0 Å². The van der Waals surface area contributed by atoms with Crippen LogP contribution in [0.2, 0.25) is 0 Å². The summed E-state index contributed by atoms with van der Waals surface area (Å²) in [5.41, 5.74) is -0.865. The summed E-state index contributed by atoms with van der Waals surface area (Å²) in [5.74, 6) is 0.559. The molecule has 0 bridgehead atoms. The summed E-state index contributed by atoms with van der Waals surface area (Å²) in [4.78, 5) is 17.7. The van der Waals surface area contributed by atoms with Gasteiger partial charge >= 0.3 is 0 Å². The number of aromatic nitrogens is 2. The van der Waals surface area contributed by atoms with Crippen LogP contribution in [0.5, 0.6) is 0 Å². The van der Waals surface area contributed by atoms with Crippen LogP contribution in [0.3, 0.4) is 0 Å². The van der Waals surface area contributed by atoms with E-state index in [9.17, 15) is 9.90 Å². The first-order valence-electron chi connectivity index (χ1n) is 4.59. The van der Waals surface area contributed by atoms with Crippen molar-refractivity contribution in [1.29, 1.82) is 0 Å². The lowest BCUT2D eigenvalue weighted by Crippen LogP contribution is -2.24. The molecule has 84 valence electrons. The molecule has 0 aromatic carbocycles. The van der Waals surface area contributed by atoms with Crippen molar-refractivity contribution in [3.05, 3.63) is 20.3 Å². The second-order valence-corrected chi connectivity index (χ2v) is 4.96. The highest BCUT2D eigenvalue weighted by atomic mass is 127. The summed E-state index contributed by atoms with van der Waals surface area (Å²) in [6.07, 6.45) is 1.95. The van der Waals surface area contributed by atoms with Crippen LogP contribution in [0, 0.1) is 3.57 Å². The van der Waals surface area contributed by atoms with E-state index in [0.717, 1.165) is 0 Å². The largest absolute Gasteiger partial charge is 0.390 e. The molecule has 1 rings (SSSR count). The molecular formula is C9H14IN3O2. The monoisotopic (exact) mass is 323 g/mol. The second kappa shape index (κ2) is 4.93. The summed E-state index contributed by atoms with van der Waals surface area (Å²) in [6.45, 7) is 4.06. The third kappa shape index (κ3) is 4.17. The van der Waals surface area contributed by atoms with E-state index in [1.165, 1.54) is 6.33 Å². The Morgan fingerprint density at radius 2 is 2.33 bits per heavy atom. The van der Waals surface area contributed by atoms with Gasteiger partial charge < -0.3 is 15.4 Å². The zero-order valence-corrected chi connectivity index (χ0v) is 10.8. The highest BCUT2D eigenvalue weighted by Crippen LogP contribution is 2.11.